The molecule has 1 aliphatic heterocycles. The first-order chi connectivity index (χ1) is 14.6. The Hall–Kier alpha value is -2.74. The van der Waals surface area contributed by atoms with Crippen molar-refractivity contribution in [3.63, 3.8) is 0 Å². The van der Waals surface area contributed by atoms with E-state index < -0.39 is 0 Å². The normalized spacial score (nSPS) is 16.6. The summed E-state index contributed by atoms with van der Waals surface area (Å²) in [7, 11) is 0. The average Bonchev–Trinajstić information content (AvgIpc) is 3.44. The van der Waals surface area contributed by atoms with Gasteiger partial charge in [0, 0.05) is 30.0 Å². The van der Waals surface area contributed by atoms with Crippen molar-refractivity contribution in [3.05, 3.63) is 52.2 Å². The Morgan fingerprint density at radius 3 is 3.07 bits per heavy atom. The first kappa shape index (κ1) is 20.5. The number of benzene rings is 1. The molecular formula is C22H25FN4O2S. The summed E-state index contributed by atoms with van der Waals surface area (Å²) in [6.45, 7) is 3.82. The molecule has 1 amide bonds. The van der Waals surface area contributed by atoms with Gasteiger partial charge in [-0.25, -0.2) is 4.39 Å². The molecule has 1 unspecified atom stereocenters. The Bertz CT molecular complexity index is 989. The van der Waals surface area contributed by atoms with Crippen molar-refractivity contribution in [1.82, 2.24) is 15.5 Å². The Kier molecular flexibility index (Phi) is 6.42. The summed E-state index contributed by atoms with van der Waals surface area (Å²) in [4.78, 5) is 20.0. The van der Waals surface area contributed by atoms with Gasteiger partial charge in [-0.1, -0.05) is 18.1 Å². The van der Waals surface area contributed by atoms with Gasteiger partial charge in [0.25, 0.3) is 5.89 Å². The van der Waals surface area contributed by atoms with E-state index in [1.807, 2.05) is 29.3 Å². The van der Waals surface area contributed by atoms with Crippen molar-refractivity contribution in [3.8, 4) is 11.5 Å². The molecule has 158 valence electrons. The zero-order chi connectivity index (χ0) is 20.9. The van der Waals surface area contributed by atoms with Crippen molar-refractivity contribution < 1.29 is 13.7 Å². The number of amides is 1. The van der Waals surface area contributed by atoms with Gasteiger partial charge >= 0.3 is 0 Å². The maximum absolute atomic E-state index is 14.9. The van der Waals surface area contributed by atoms with Crippen molar-refractivity contribution in [2.45, 2.75) is 39.2 Å². The summed E-state index contributed by atoms with van der Waals surface area (Å²) in [5.41, 5.74) is 1.07. The summed E-state index contributed by atoms with van der Waals surface area (Å²) in [5.74, 6) is 0.491. The lowest BCUT2D eigenvalue weighted by atomic mass is 9.96. The fourth-order valence-corrected chi connectivity index (χ4v) is 4.38. The zero-order valence-electron chi connectivity index (χ0n) is 16.9. The fourth-order valence-electron chi connectivity index (χ4n) is 3.73. The minimum atomic E-state index is -0.345. The predicted octanol–water partition coefficient (Wildman–Crippen LogP) is 4.42. The van der Waals surface area contributed by atoms with Crippen LogP contribution in [0, 0.1) is 11.7 Å². The number of nitrogens with zero attached hydrogens (tertiary/aromatic N) is 3. The third kappa shape index (κ3) is 4.70. The molecule has 4 rings (SSSR count). The number of halogens is 1. The second-order valence-electron chi connectivity index (χ2n) is 7.51. The number of aromatic nitrogens is 2. The highest BCUT2D eigenvalue weighted by Gasteiger charge is 2.27. The number of piperidine rings is 1. The van der Waals surface area contributed by atoms with Gasteiger partial charge in [-0.3, -0.25) is 4.79 Å². The number of carbonyl (C=O) groups excluding carboxylic acids is 1. The van der Waals surface area contributed by atoms with Gasteiger partial charge in [-0.05, 0) is 48.9 Å². The number of rotatable bonds is 7. The molecule has 1 aliphatic rings. The predicted molar refractivity (Wildman–Crippen MR) is 115 cm³/mol. The molecule has 1 aromatic carbocycles. The largest absolute Gasteiger partial charge is 0.368 e. The molecule has 1 atom stereocenters. The van der Waals surface area contributed by atoms with Crippen LogP contribution in [0.4, 0.5) is 10.1 Å². The lowest BCUT2D eigenvalue weighted by molar-refractivity contribution is -0.125. The van der Waals surface area contributed by atoms with Crippen LogP contribution in [0.25, 0.3) is 11.5 Å². The minimum Gasteiger partial charge on any atom is -0.368 e. The van der Waals surface area contributed by atoms with E-state index in [0.717, 1.165) is 37.1 Å². The van der Waals surface area contributed by atoms with Crippen LogP contribution in [0.15, 0.2) is 40.2 Å². The number of carbonyl (C=O) groups is 1. The topological polar surface area (TPSA) is 71.3 Å². The zero-order valence-corrected chi connectivity index (χ0v) is 17.8. The maximum Gasteiger partial charge on any atom is 0.258 e. The van der Waals surface area contributed by atoms with Gasteiger partial charge < -0.3 is 14.7 Å². The highest BCUT2D eigenvalue weighted by atomic mass is 32.1. The lowest BCUT2D eigenvalue weighted by Crippen LogP contribution is -2.43. The van der Waals surface area contributed by atoms with Crippen LogP contribution >= 0.6 is 11.3 Å². The van der Waals surface area contributed by atoms with Crippen molar-refractivity contribution >= 4 is 22.9 Å². The van der Waals surface area contributed by atoms with Gasteiger partial charge in [-0.2, -0.15) is 4.98 Å². The Morgan fingerprint density at radius 2 is 2.30 bits per heavy atom. The maximum atomic E-state index is 14.9. The van der Waals surface area contributed by atoms with E-state index in [4.69, 9.17) is 4.52 Å². The number of aryl methyl sites for hydroxylation is 1. The molecule has 0 bridgehead atoms. The second kappa shape index (κ2) is 9.38. The molecule has 1 fully saturated rings. The summed E-state index contributed by atoms with van der Waals surface area (Å²) in [6.07, 6.45) is 3.31. The number of anilines is 1. The highest BCUT2D eigenvalue weighted by Crippen LogP contribution is 2.29. The molecule has 8 heteroatoms. The Labute approximate surface area is 179 Å². The standard InChI is InChI=1S/C22H25FN4O2S/c1-2-5-20-25-22(29-26-20)15-8-9-19(18(23)12-15)27-10-3-6-16(14-27)21(28)24-13-17-7-4-11-30-17/h4,7-9,11-12,16H,2-3,5-6,10,13-14H2,1H3,(H,24,28). The summed E-state index contributed by atoms with van der Waals surface area (Å²) in [6, 6.07) is 8.94. The van der Waals surface area contributed by atoms with Gasteiger partial charge in [0.2, 0.25) is 5.91 Å². The van der Waals surface area contributed by atoms with Crippen LogP contribution < -0.4 is 10.2 Å². The molecule has 3 heterocycles. The molecule has 2 aromatic heterocycles. The molecule has 1 N–H and O–H groups in total. The number of thiophene rings is 1. The third-order valence-electron chi connectivity index (χ3n) is 5.29. The highest BCUT2D eigenvalue weighted by molar-refractivity contribution is 7.09. The monoisotopic (exact) mass is 428 g/mol. The van der Waals surface area contributed by atoms with E-state index in [1.165, 1.54) is 6.07 Å². The number of hydrogen-bond donors (Lipinski definition) is 1. The molecular weight excluding hydrogens is 403 g/mol. The third-order valence-corrected chi connectivity index (χ3v) is 6.16. The van der Waals surface area contributed by atoms with E-state index in [9.17, 15) is 9.18 Å². The van der Waals surface area contributed by atoms with Crippen LogP contribution in [-0.2, 0) is 17.8 Å². The van der Waals surface area contributed by atoms with Gasteiger partial charge in [0.05, 0.1) is 18.2 Å². The number of nitrogens with one attached hydrogen (secondary N) is 1. The van der Waals surface area contributed by atoms with Crippen molar-refractivity contribution in [2.75, 3.05) is 18.0 Å². The summed E-state index contributed by atoms with van der Waals surface area (Å²) in [5, 5.41) is 8.93. The first-order valence-corrected chi connectivity index (χ1v) is 11.2. The molecule has 0 radical (unpaired) electrons. The molecule has 1 saturated heterocycles. The fraction of sp³-hybridized carbons (Fsp3) is 0.409. The van der Waals surface area contributed by atoms with Crippen LogP contribution in [0.5, 0.6) is 0 Å². The molecule has 30 heavy (non-hydrogen) atoms. The summed E-state index contributed by atoms with van der Waals surface area (Å²) < 4.78 is 20.2. The Balaban J connectivity index is 1.41. The van der Waals surface area contributed by atoms with Crippen molar-refractivity contribution in [1.29, 1.82) is 0 Å². The molecule has 0 saturated carbocycles. The van der Waals surface area contributed by atoms with E-state index in [-0.39, 0.29) is 17.6 Å². The first-order valence-electron chi connectivity index (χ1n) is 10.3. The van der Waals surface area contributed by atoms with Gasteiger partial charge in [0.1, 0.15) is 5.82 Å². The molecule has 0 spiro atoms. The quantitative estimate of drug-likeness (QED) is 0.603. The molecule has 0 aliphatic carbocycles. The van der Waals surface area contributed by atoms with Gasteiger partial charge in [-0.15, -0.1) is 11.3 Å². The van der Waals surface area contributed by atoms with Crippen LogP contribution in [-0.4, -0.2) is 29.1 Å². The van der Waals surface area contributed by atoms with Crippen LogP contribution in [0.3, 0.4) is 0 Å². The lowest BCUT2D eigenvalue weighted by Gasteiger charge is -2.34. The van der Waals surface area contributed by atoms with Crippen molar-refractivity contribution in [2.24, 2.45) is 5.92 Å². The van der Waals surface area contributed by atoms with E-state index in [1.54, 1.807) is 23.5 Å². The SMILES string of the molecule is CCCc1noc(-c2ccc(N3CCCC(C(=O)NCc4cccs4)C3)c(F)c2)n1. The minimum absolute atomic E-state index is 0.0273. The average molecular weight is 429 g/mol. The Morgan fingerprint density at radius 1 is 1.40 bits per heavy atom. The van der Waals surface area contributed by atoms with E-state index in [2.05, 4.69) is 15.5 Å². The smallest absolute Gasteiger partial charge is 0.258 e. The number of hydrogen-bond acceptors (Lipinski definition) is 6. The van der Waals surface area contributed by atoms with E-state index >= 15 is 0 Å². The van der Waals surface area contributed by atoms with E-state index in [0.29, 0.717) is 36.1 Å². The molecule has 3 aromatic rings. The van der Waals surface area contributed by atoms with Gasteiger partial charge in [0.15, 0.2) is 5.82 Å². The summed E-state index contributed by atoms with van der Waals surface area (Å²) >= 11 is 1.62. The van der Waals surface area contributed by atoms with Crippen LogP contribution in [0.1, 0.15) is 36.9 Å². The molecule has 6 nitrogen and oxygen atoms in total. The van der Waals surface area contributed by atoms with Crippen LogP contribution in [0.2, 0.25) is 0 Å². The second-order valence-corrected chi connectivity index (χ2v) is 8.55.